The molecule has 0 aliphatic carbocycles. The Bertz CT molecular complexity index is 1570. The predicted molar refractivity (Wildman–Crippen MR) is 283 cm³/mol. The zero-order valence-corrected chi connectivity index (χ0v) is 43.0. The fraction of sp³-hybridized carbons (Fsp3) is 0.561. The summed E-state index contributed by atoms with van der Waals surface area (Å²) in [7, 11) is 1.22. The summed E-state index contributed by atoms with van der Waals surface area (Å²) in [6.45, 7) is 4.26. The van der Waals surface area contributed by atoms with Gasteiger partial charge in [0, 0.05) is 6.42 Å². The highest BCUT2D eigenvalue weighted by Gasteiger charge is 2.23. The number of likely N-dealkylation sites (N-methyl/N-ethyl adjacent to an activating group) is 1. The summed E-state index contributed by atoms with van der Waals surface area (Å²) in [5.74, 6) is -0.229. The van der Waals surface area contributed by atoms with Gasteiger partial charge in [-0.2, -0.15) is 0 Å². The number of aliphatic hydroxyl groups excluding tert-OH is 1. The van der Waals surface area contributed by atoms with Gasteiger partial charge in [0.25, 0.3) is 7.82 Å². The molecule has 66 heavy (non-hydrogen) atoms. The lowest BCUT2D eigenvalue weighted by Crippen LogP contribution is -2.45. The molecule has 0 radical (unpaired) electrons. The average molecular weight is 933 g/mol. The Hall–Kier alpha value is -3.62. The van der Waals surface area contributed by atoms with Crippen molar-refractivity contribution in [2.24, 2.45) is 0 Å². The zero-order chi connectivity index (χ0) is 48.5. The largest absolute Gasteiger partial charge is 0.756 e. The van der Waals surface area contributed by atoms with E-state index in [1.54, 1.807) is 6.08 Å². The van der Waals surface area contributed by atoms with Crippen LogP contribution in [-0.2, 0) is 18.4 Å². The second-order valence-electron chi connectivity index (χ2n) is 17.4. The number of rotatable bonds is 43. The number of hydrogen-bond acceptors (Lipinski definition) is 6. The van der Waals surface area contributed by atoms with Crippen LogP contribution in [0.3, 0.4) is 0 Å². The highest BCUT2D eigenvalue weighted by molar-refractivity contribution is 7.45. The summed E-state index contributed by atoms with van der Waals surface area (Å²) in [6, 6.07) is -0.898. The van der Waals surface area contributed by atoms with Crippen molar-refractivity contribution in [2.75, 3.05) is 40.9 Å². The normalized spacial score (nSPS) is 15.3. The number of phosphoric ester groups is 1. The molecule has 0 aliphatic rings. The second kappa shape index (κ2) is 46.5. The lowest BCUT2D eigenvalue weighted by molar-refractivity contribution is -0.870. The Kier molecular flexibility index (Phi) is 43.9. The third-order valence-electron chi connectivity index (χ3n) is 10.0. The number of quaternary nitrogens is 1. The van der Waals surface area contributed by atoms with Gasteiger partial charge in [0.1, 0.15) is 13.2 Å². The Labute approximate surface area is 404 Å². The van der Waals surface area contributed by atoms with E-state index in [1.807, 2.05) is 34.1 Å². The lowest BCUT2D eigenvalue weighted by Gasteiger charge is -2.29. The minimum Gasteiger partial charge on any atom is -0.756 e. The van der Waals surface area contributed by atoms with E-state index < -0.39 is 26.6 Å². The van der Waals surface area contributed by atoms with Crippen LogP contribution in [0.25, 0.3) is 0 Å². The van der Waals surface area contributed by atoms with E-state index in [2.05, 4.69) is 146 Å². The maximum Gasteiger partial charge on any atom is 0.268 e. The second-order valence-corrected chi connectivity index (χ2v) is 18.8. The van der Waals surface area contributed by atoms with E-state index in [0.29, 0.717) is 17.4 Å². The van der Waals surface area contributed by atoms with Crippen molar-refractivity contribution in [1.82, 2.24) is 5.32 Å². The quantitative estimate of drug-likeness (QED) is 0.0273. The van der Waals surface area contributed by atoms with Gasteiger partial charge < -0.3 is 28.8 Å². The third-order valence-corrected chi connectivity index (χ3v) is 11.0. The van der Waals surface area contributed by atoms with E-state index in [0.717, 1.165) is 116 Å². The molecule has 372 valence electrons. The van der Waals surface area contributed by atoms with Crippen LogP contribution in [0, 0.1) is 0 Å². The number of allylic oxidation sites excluding steroid dienone is 23. The summed E-state index contributed by atoms with van der Waals surface area (Å²) in [4.78, 5) is 25.0. The summed E-state index contributed by atoms with van der Waals surface area (Å²) < 4.78 is 22.9. The molecule has 0 aromatic heterocycles. The third kappa shape index (κ3) is 48.3. The van der Waals surface area contributed by atoms with Crippen LogP contribution in [0.1, 0.15) is 155 Å². The Morgan fingerprint density at radius 1 is 0.545 bits per heavy atom. The first-order chi connectivity index (χ1) is 32.0. The van der Waals surface area contributed by atoms with Crippen LogP contribution < -0.4 is 10.2 Å². The SMILES string of the molecule is CC/C=C\C/C=C\C/C=C\C/C=C\C/C=C\C/C=C\C/C=C\C/C=C\C/C=C\C/C=C\C/C=C\CCCCCCCCCC(=O)NC(COP(=O)([O-])OCC[N+](C)(C)C)C(O)/C=C/CCC. The molecule has 0 saturated carbocycles. The molecule has 0 heterocycles. The predicted octanol–water partition coefficient (Wildman–Crippen LogP) is 14.3. The van der Waals surface area contributed by atoms with Crippen LogP contribution >= 0.6 is 7.82 Å². The zero-order valence-electron chi connectivity index (χ0n) is 42.1. The highest BCUT2D eigenvalue weighted by atomic mass is 31.2. The molecule has 9 heteroatoms. The number of amides is 1. The maximum atomic E-state index is 12.7. The lowest BCUT2D eigenvalue weighted by atomic mass is 10.1. The molecule has 8 nitrogen and oxygen atoms in total. The van der Waals surface area contributed by atoms with Crippen LogP contribution in [0.4, 0.5) is 0 Å². The Morgan fingerprint density at radius 2 is 0.924 bits per heavy atom. The monoisotopic (exact) mass is 933 g/mol. The number of carbonyl (C=O) groups excluding carboxylic acids is 1. The van der Waals surface area contributed by atoms with Crippen molar-refractivity contribution in [3.05, 3.63) is 146 Å². The van der Waals surface area contributed by atoms with Crippen LogP contribution in [0.2, 0.25) is 0 Å². The van der Waals surface area contributed by atoms with Crippen molar-refractivity contribution in [3.8, 4) is 0 Å². The number of nitrogens with one attached hydrogen (secondary N) is 1. The summed E-state index contributed by atoms with van der Waals surface area (Å²) in [5, 5.41) is 13.4. The van der Waals surface area contributed by atoms with E-state index in [1.165, 1.54) is 19.3 Å². The first-order valence-corrected chi connectivity index (χ1v) is 26.7. The molecule has 0 aromatic carbocycles. The van der Waals surface area contributed by atoms with Crippen LogP contribution in [0.15, 0.2) is 146 Å². The van der Waals surface area contributed by atoms with Crippen molar-refractivity contribution >= 4 is 13.7 Å². The van der Waals surface area contributed by atoms with E-state index in [9.17, 15) is 19.4 Å². The highest BCUT2D eigenvalue weighted by Crippen LogP contribution is 2.38. The fourth-order valence-electron chi connectivity index (χ4n) is 6.10. The molecule has 0 rings (SSSR count). The minimum absolute atomic E-state index is 0.0128. The molecule has 0 spiro atoms. The van der Waals surface area contributed by atoms with Gasteiger partial charge in [0.05, 0.1) is 39.9 Å². The first kappa shape index (κ1) is 62.4. The average Bonchev–Trinajstić information content (AvgIpc) is 3.27. The van der Waals surface area contributed by atoms with E-state index in [4.69, 9.17) is 9.05 Å². The topological polar surface area (TPSA) is 108 Å². The number of unbranched alkanes of at least 4 members (excludes halogenated alkanes) is 8. The van der Waals surface area contributed by atoms with Gasteiger partial charge in [-0.1, -0.05) is 198 Å². The summed E-state index contributed by atoms with van der Waals surface area (Å²) >= 11 is 0. The smallest absolute Gasteiger partial charge is 0.268 e. The molecule has 0 saturated heterocycles. The molecule has 0 fully saturated rings. The van der Waals surface area contributed by atoms with E-state index in [-0.39, 0.29) is 12.5 Å². The molecular weight excluding hydrogens is 840 g/mol. The molecule has 0 aliphatic heterocycles. The van der Waals surface area contributed by atoms with Crippen molar-refractivity contribution < 1.29 is 32.9 Å². The van der Waals surface area contributed by atoms with Gasteiger partial charge in [-0.05, 0) is 96.3 Å². The standard InChI is InChI=1S/C57H93N2O6P/c1-6-8-10-11-12-13-14-15-16-17-18-19-20-21-22-23-24-25-26-27-28-29-30-31-32-33-34-35-36-37-38-39-40-41-42-43-44-45-46-47-49-51-57(61)58-55(56(60)50-48-9-7-2)54-65-66(62,63)64-53-52-59(3,4)5/h8,10,12-13,15-16,18-19,21-22,24-25,27-28,30-31,33-34,36-37,39-40,48,50,55-56,60H,6-7,9,11,14,17,20,23,26,29,32,35,38,41-47,49,51-54H2,1-5H3,(H-,58,61,62,63)/b10-8-,13-12-,16-15-,19-18-,22-21-,25-24-,28-27-,31-30-,34-33-,37-36-,40-39-,50-48+. The van der Waals surface area contributed by atoms with Crippen LogP contribution in [0.5, 0.6) is 0 Å². The van der Waals surface area contributed by atoms with Crippen molar-refractivity contribution in [1.29, 1.82) is 0 Å². The van der Waals surface area contributed by atoms with Gasteiger partial charge in [-0.3, -0.25) is 9.36 Å². The molecule has 3 atom stereocenters. The maximum absolute atomic E-state index is 12.7. The summed E-state index contributed by atoms with van der Waals surface area (Å²) in [6.07, 6.45) is 73.0. The minimum atomic E-state index is -4.58. The van der Waals surface area contributed by atoms with Crippen molar-refractivity contribution in [2.45, 2.75) is 167 Å². The van der Waals surface area contributed by atoms with Gasteiger partial charge >= 0.3 is 0 Å². The van der Waals surface area contributed by atoms with Crippen molar-refractivity contribution in [3.63, 3.8) is 0 Å². The van der Waals surface area contributed by atoms with Gasteiger partial charge in [0.2, 0.25) is 5.91 Å². The molecule has 2 N–H and O–H groups in total. The van der Waals surface area contributed by atoms with E-state index >= 15 is 0 Å². The van der Waals surface area contributed by atoms with Gasteiger partial charge in [0.15, 0.2) is 0 Å². The van der Waals surface area contributed by atoms with Gasteiger partial charge in [-0.15, -0.1) is 0 Å². The van der Waals surface area contributed by atoms with Crippen LogP contribution in [-0.4, -0.2) is 68.5 Å². The first-order valence-electron chi connectivity index (χ1n) is 25.2. The fourth-order valence-corrected chi connectivity index (χ4v) is 6.83. The molecule has 0 aromatic rings. The molecular formula is C57H93N2O6P. The van der Waals surface area contributed by atoms with Gasteiger partial charge in [-0.25, -0.2) is 0 Å². The number of carbonyl (C=O) groups is 1. The Balaban J connectivity index is 3.91. The molecule has 1 amide bonds. The Morgan fingerprint density at radius 3 is 1.32 bits per heavy atom. The number of nitrogens with zero attached hydrogens (tertiary/aromatic N) is 1. The molecule has 3 unspecified atom stereocenters. The number of phosphoric acid groups is 1. The number of aliphatic hydroxyl groups is 1. The number of hydrogen-bond donors (Lipinski definition) is 2. The molecule has 0 bridgehead atoms. The summed E-state index contributed by atoms with van der Waals surface area (Å²) in [5.41, 5.74) is 0.